The SMILES string of the molecule is O=C(O)Cn1cnc2[nH]ncc2c1=O. The van der Waals surface area contributed by atoms with E-state index in [1.807, 2.05) is 0 Å². The predicted molar refractivity (Wildman–Crippen MR) is 45.8 cm³/mol. The molecule has 2 rings (SSSR count). The molecule has 72 valence electrons. The number of carboxylic acid groups (broad SMARTS) is 1. The first-order chi connectivity index (χ1) is 6.68. The first kappa shape index (κ1) is 8.42. The molecule has 0 fully saturated rings. The van der Waals surface area contributed by atoms with Crippen LogP contribution in [0.3, 0.4) is 0 Å². The van der Waals surface area contributed by atoms with Gasteiger partial charge in [0.2, 0.25) is 0 Å². The minimum Gasteiger partial charge on any atom is -0.480 e. The van der Waals surface area contributed by atoms with E-state index < -0.39 is 18.1 Å². The molecule has 2 aromatic heterocycles. The predicted octanol–water partition coefficient (Wildman–Crippen LogP) is -0.796. The fraction of sp³-hybridized carbons (Fsp3) is 0.143. The van der Waals surface area contributed by atoms with Crippen LogP contribution in [0.2, 0.25) is 0 Å². The number of aromatic amines is 1. The fourth-order valence-electron chi connectivity index (χ4n) is 1.13. The lowest BCUT2D eigenvalue weighted by Crippen LogP contribution is -2.23. The number of hydrogen-bond donors (Lipinski definition) is 2. The van der Waals surface area contributed by atoms with Gasteiger partial charge < -0.3 is 5.11 Å². The van der Waals surface area contributed by atoms with Crippen LogP contribution in [-0.2, 0) is 11.3 Å². The van der Waals surface area contributed by atoms with E-state index in [1.54, 1.807) is 0 Å². The summed E-state index contributed by atoms with van der Waals surface area (Å²) < 4.78 is 1.01. The number of carboxylic acids is 1. The number of rotatable bonds is 2. The summed E-state index contributed by atoms with van der Waals surface area (Å²) in [6.45, 7) is -0.396. The minimum atomic E-state index is -1.09. The summed E-state index contributed by atoms with van der Waals surface area (Å²) in [5.41, 5.74) is -0.0530. The Balaban J connectivity index is 2.62. The number of nitrogens with one attached hydrogen (secondary N) is 1. The highest BCUT2D eigenvalue weighted by Gasteiger charge is 2.07. The van der Waals surface area contributed by atoms with Gasteiger partial charge in [-0.3, -0.25) is 19.3 Å². The molecule has 14 heavy (non-hydrogen) atoms. The van der Waals surface area contributed by atoms with Crippen molar-refractivity contribution in [1.82, 2.24) is 19.7 Å². The second-order valence-corrected chi connectivity index (χ2v) is 2.70. The monoisotopic (exact) mass is 194 g/mol. The van der Waals surface area contributed by atoms with Crippen molar-refractivity contribution in [3.63, 3.8) is 0 Å². The van der Waals surface area contributed by atoms with E-state index >= 15 is 0 Å². The Kier molecular flexibility index (Phi) is 1.77. The Morgan fingerprint density at radius 2 is 2.43 bits per heavy atom. The van der Waals surface area contributed by atoms with Gasteiger partial charge in [0.25, 0.3) is 5.56 Å². The van der Waals surface area contributed by atoms with Gasteiger partial charge in [0.15, 0.2) is 5.65 Å². The van der Waals surface area contributed by atoms with Gasteiger partial charge in [0.1, 0.15) is 18.3 Å². The Morgan fingerprint density at radius 3 is 3.14 bits per heavy atom. The average molecular weight is 194 g/mol. The summed E-state index contributed by atoms with van der Waals surface area (Å²) in [7, 11) is 0. The third kappa shape index (κ3) is 1.24. The van der Waals surface area contributed by atoms with E-state index in [4.69, 9.17) is 5.11 Å². The normalized spacial score (nSPS) is 10.6. The van der Waals surface area contributed by atoms with Crippen molar-refractivity contribution < 1.29 is 9.90 Å². The molecule has 2 N–H and O–H groups in total. The Labute approximate surface area is 77.0 Å². The van der Waals surface area contributed by atoms with Crippen LogP contribution in [0.1, 0.15) is 0 Å². The van der Waals surface area contributed by atoms with Crippen molar-refractivity contribution >= 4 is 17.0 Å². The standard InChI is InChI=1S/C7H6N4O3/c12-5(13)2-11-3-8-6-4(7(11)14)1-9-10-6/h1,3H,2H2,(H,9,10)(H,12,13). The zero-order valence-electron chi connectivity index (χ0n) is 6.97. The maximum atomic E-state index is 11.5. The lowest BCUT2D eigenvalue weighted by Gasteiger charge is -1.99. The zero-order valence-corrected chi connectivity index (χ0v) is 6.97. The molecular weight excluding hydrogens is 188 g/mol. The summed E-state index contributed by atoms with van der Waals surface area (Å²) in [5, 5.41) is 14.9. The Hall–Kier alpha value is -2.18. The van der Waals surface area contributed by atoms with Crippen LogP contribution in [0.5, 0.6) is 0 Å². The molecule has 0 aliphatic carbocycles. The number of fused-ring (bicyclic) bond motifs is 1. The number of H-pyrrole nitrogens is 1. The number of hydrogen-bond acceptors (Lipinski definition) is 4. The van der Waals surface area contributed by atoms with Crippen LogP contribution in [0.4, 0.5) is 0 Å². The van der Waals surface area contributed by atoms with E-state index in [0.29, 0.717) is 5.65 Å². The van der Waals surface area contributed by atoms with E-state index in [-0.39, 0.29) is 5.39 Å². The molecule has 0 amide bonds. The lowest BCUT2D eigenvalue weighted by molar-refractivity contribution is -0.137. The number of aromatic nitrogens is 4. The van der Waals surface area contributed by atoms with Crippen molar-refractivity contribution in [2.75, 3.05) is 0 Å². The molecule has 2 aromatic rings. The average Bonchev–Trinajstić information content (AvgIpc) is 2.57. The molecule has 0 aliphatic rings. The molecule has 0 radical (unpaired) electrons. The van der Waals surface area contributed by atoms with E-state index in [1.165, 1.54) is 12.5 Å². The van der Waals surface area contributed by atoms with Crippen LogP contribution in [0, 0.1) is 0 Å². The number of nitrogens with zero attached hydrogens (tertiary/aromatic N) is 3. The van der Waals surface area contributed by atoms with E-state index in [2.05, 4.69) is 15.2 Å². The molecule has 0 unspecified atom stereocenters. The first-order valence-corrected chi connectivity index (χ1v) is 3.79. The molecule has 0 atom stereocenters. The zero-order chi connectivity index (χ0) is 10.1. The van der Waals surface area contributed by atoms with Crippen molar-refractivity contribution in [3.8, 4) is 0 Å². The highest BCUT2D eigenvalue weighted by Crippen LogP contribution is 1.98. The third-order valence-electron chi connectivity index (χ3n) is 1.74. The molecule has 0 aromatic carbocycles. The second kappa shape index (κ2) is 2.95. The molecular formula is C7H6N4O3. The van der Waals surface area contributed by atoms with Crippen LogP contribution in [0.25, 0.3) is 11.0 Å². The van der Waals surface area contributed by atoms with Crippen LogP contribution in [-0.4, -0.2) is 30.8 Å². The van der Waals surface area contributed by atoms with Gasteiger partial charge in [-0.15, -0.1) is 0 Å². The van der Waals surface area contributed by atoms with Crippen molar-refractivity contribution in [2.45, 2.75) is 6.54 Å². The lowest BCUT2D eigenvalue weighted by atomic mass is 10.4. The van der Waals surface area contributed by atoms with Gasteiger partial charge in [-0.25, -0.2) is 4.98 Å². The van der Waals surface area contributed by atoms with E-state index in [0.717, 1.165) is 4.57 Å². The maximum Gasteiger partial charge on any atom is 0.323 e. The topological polar surface area (TPSA) is 101 Å². The molecule has 0 bridgehead atoms. The third-order valence-corrected chi connectivity index (χ3v) is 1.74. The highest BCUT2D eigenvalue weighted by molar-refractivity contribution is 5.72. The minimum absolute atomic E-state index is 0.286. The molecule has 7 heteroatoms. The summed E-state index contributed by atoms with van der Waals surface area (Å²) in [6.07, 6.45) is 2.50. The molecule has 2 heterocycles. The van der Waals surface area contributed by atoms with Gasteiger partial charge in [0, 0.05) is 0 Å². The number of aliphatic carboxylic acids is 1. The van der Waals surface area contributed by atoms with Gasteiger partial charge in [-0.1, -0.05) is 0 Å². The molecule has 0 saturated carbocycles. The Bertz CT molecular complexity index is 541. The molecule has 0 spiro atoms. The molecule has 0 saturated heterocycles. The highest BCUT2D eigenvalue weighted by atomic mass is 16.4. The van der Waals surface area contributed by atoms with Crippen LogP contribution in [0.15, 0.2) is 17.3 Å². The number of carbonyl (C=O) groups is 1. The summed E-state index contributed by atoms with van der Waals surface area (Å²) in [6, 6.07) is 0. The van der Waals surface area contributed by atoms with Gasteiger partial charge in [0.05, 0.1) is 6.20 Å². The Morgan fingerprint density at radius 1 is 1.64 bits per heavy atom. The smallest absolute Gasteiger partial charge is 0.323 e. The first-order valence-electron chi connectivity index (χ1n) is 3.79. The second-order valence-electron chi connectivity index (χ2n) is 2.70. The maximum absolute atomic E-state index is 11.5. The van der Waals surface area contributed by atoms with Crippen LogP contribution < -0.4 is 5.56 Å². The summed E-state index contributed by atoms with van der Waals surface area (Å²) >= 11 is 0. The van der Waals surface area contributed by atoms with Gasteiger partial charge in [-0.05, 0) is 0 Å². The fourth-order valence-corrected chi connectivity index (χ4v) is 1.13. The largest absolute Gasteiger partial charge is 0.480 e. The van der Waals surface area contributed by atoms with Gasteiger partial charge >= 0.3 is 5.97 Å². The van der Waals surface area contributed by atoms with Crippen molar-refractivity contribution in [3.05, 3.63) is 22.9 Å². The molecule has 7 nitrogen and oxygen atoms in total. The van der Waals surface area contributed by atoms with E-state index in [9.17, 15) is 9.59 Å². The van der Waals surface area contributed by atoms with Crippen LogP contribution >= 0.6 is 0 Å². The quantitative estimate of drug-likeness (QED) is 0.652. The summed E-state index contributed by atoms with van der Waals surface area (Å²) in [5.74, 6) is -1.09. The van der Waals surface area contributed by atoms with Crippen molar-refractivity contribution in [2.24, 2.45) is 0 Å². The van der Waals surface area contributed by atoms with Crippen molar-refractivity contribution in [1.29, 1.82) is 0 Å². The summed E-state index contributed by atoms with van der Waals surface area (Å²) in [4.78, 5) is 25.7. The molecule has 0 aliphatic heterocycles. The van der Waals surface area contributed by atoms with Gasteiger partial charge in [-0.2, -0.15) is 5.10 Å².